The summed E-state index contributed by atoms with van der Waals surface area (Å²) in [6.45, 7) is 0.626. The number of urea groups is 1. The van der Waals surface area contributed by atoms with Gasteiger partial charge in [0, 0.05) is 18.1 Å². The predicted molar refractivity (Wildman–Crippen MR) is 72.2 cm³/mol. The molecule has 2 fully saturated rings. The molecule has 0 radical (unpaired) electrons. The van der Waals surface area contributed by atoms with Crippen molar-refractivity contribution in [2.45, 2.75) is 6.04 Å². The fraction of sp³-hybridized carbons (Fsp3) is 0.333. The zero-order valence-corrected chi connectivity index (χ0v) is 11.1. The monoisotopic (exact) mass is 282 g/mol. The van der Waals surface area contributed by atoms with E-state index in [-0.39, 0.29) is 18.0 Å². The quantitative estimate of drug-likeness (QED) is 0.742. The lowest BCUT2D eigenvalue weighted by molar-refractivity contribution is -0.119. The highest BCUT2D eigenvalue weighted by molar-refractivity contribution is 7.99. The molecule has 94 valence electrons. The number of nitrogens with zero attached hydrogens (tertiary/aromatic N) is 2. The number of carbonyl (C=O) groups excluding carboxylic acids is 2. The standard InChI is InChI=1S/C12H11ClN2O2S/c13-8-3-1-2-4-9(8)15-11(16)10-7-18-6-5-14(10)12(15)17/h1-4,10H,5-7H2. The summed E-state index contributed by atoms with van der Waals surface area (Å²) in [4.78, 5) is 27.4. The van der Waals surface area contributed by atoms with E-state index in [4.69, 9.17) is 11.6 Å². The number of hydrogen-bond acceptors (Lipinski definition) is 3. The first-order chi connectivity index (χ1) is 8.70. The Bertz CT molecular complexity index is 499. The molecule has 4 nitrogen and oxygen atoms in total. The third-order valence-corrected chi connectivity index (χ3v) is 4.51. The summed E-state index contributed by atoms with van der Waals surface area (Å²) < 4.78 is 0. The molecule has 0 saturated carbocycles. The molecule has 6 heteroatoms. The Hall–Kier alpha value is -1.20. The van der Waals surface area contributed by atoms with Crippen LogP contribution in [0, 0.1) is 0 Å². The van der Waals surface area contributed by atoms with E-state index in [1.807, 2.05) is 0 Å². The van der Waals surface area contributed by atoms with Gasteiger partial charge in [0.2, 0.25) is 0 Å². The lowest BCUT2D eigenvalue weighted by Crippen LogP contribution is -2.41. The van der Waals surface area contributed by atoms with Crippen LogP contribution < -0.4 is 4.90 Å². The average molecular weight is 283 g/mol. The second kappa shape index (κ2) is 4.48. The maximum Gasteiger partial charge on any atom is 0.332 e. The smallest absolute Gasteiger partial charge is 0.310 e. The number of anilines is 1. The fourth-order valence-corrected chi connectivity index (χ4v) is 3.52. The van der Waals surface area contributed by atoms with Crippen molar-refractivity contribution in [2.24, 2.45) is 0 Å². The van der Waals surface area contributed by atoms with Crippen LogP contribution in [-0.4, -0.2) is 40.9 Å². The molecule has 0 N–H and O–H groups in total. The van der Waals surface area contributed by atoms with Crippen LogP contribution >= 0.6 is 23.4 Å². The van der Waals surface area contributed by atoms with Crippen LogP contribution in [-0.2, 0) is 4.79 Å². The first-order valence-electron chi connectivity index (χ1n) is 5.67. The van der Waals surface area contributed by atoms with Crippen LogP contribution in [0.4, 0.5) is 10.5 Å². The van der Waals surface area contributed by atoms with Crippen molar-refractivity contribution in [2.75, 3.05) is 23.0 Å². The van der Waals surface area contributed by atoms with E-state index >= 15 is 0 Å². The van der Waals surface area contributed by atoms with E-state index < -0.39 is 0 Å². The van der Waals surface area contributed by atoms with E-state index in [2.05, 4.69) is 0 Å². The minimum atomic E-state index is -0.326. The summed E-state index contributed by atoms with van der Waals surface area (Å²) in [6.07, 6.45) is 0. The van der Waals surface area contributed by atoms with Crippen LogP contribution in [0.1, 0.15) is 0 Å². The van der Waals surface area contributed by atoms with Gasteiger partial charge in [-0.3, -0.25) is 4.79 Å². The molecule has 2 saturated heterocycles. The summed E-state index contributed by atoms with van der Waals surface area (Å²) in [6, 6.07) is 6.35. The Balaban J connectivity index is 2.00. The molecule has 18 heavy (non-hydrogen) atoms. The van der Waals surface area contributed by atoms with Gasteiger partial charge in [-0.05, 0) is 12.1 Å². The van der Waals surface area contributed by atoms with Crippen LogP contribution in [0.5, 0.6) is 0 Å². The number of halogens is 1. The normalized spacial score (nSPS) is 23.5. The molecule has 3 rings (SSSR count). The van der Waals surface area contributed by atoms with Crippen molar-refractivity contribution in [1.82, 2.24) is 4.90 Å². The second-order valence-electron chi connectivity index (χ2n) is 4.19. The predicted octanol–water partition coefficient (Wildman–Crippen LogP) is 2.22. The highest BCUT2D eigenvalue weighted by atomic mass is 35.5. The molecule has 0 spiro atoms. The number of imide groups is 1. The van der Waals surface area contributed by atoms with Gasteiger partial charge in [-0.2, -0.15) is 11.8 Å². The van der Waals surface area contributed by atoms with Gasteiger partial charge in [-0.25, -0.2) is 9.69 Å². The van der Waals surface area contributed by atoms with Crippen molar-refractivity contribution >= 4 is 41.0 Å². The summed E-state index contributed by atoms with van der Waals surface area (Å²) >= 11 is 7.77. The van der Waals surface area contributed by atoms with Gasteiger partial charge in [0.15, 0.2) is 0 Å². The number of para-hydroxylation sites is 1. The highest BCUT2D eigenvalue weighted by Gasteiger charge is 2.47. The zero-order chi connectivity index (χ0) is 12.7. The summed E-state index contributed by atoms with van der Waals surface area (Å²) in [5.74, 6) is 1.39. The lowest BCUT2D eigenvalue weighted by atomic mass is 10.2. The highest BCUT2D eigenvalue weighted by Crippen LogP contribution is 2.33. The van der Waals surface area contributed by atoms with Gasteiger partial charge < -0.3 is 4.90 Å². The van der Waals surface area contributed by atoms with Crippen LogP contribution in [0.3, 0.4) is 0 Å². The summed E-state index contributed by atoms with van der Waals surface area (Å²) in [5.41, 5.74) is 0.480. The largest absolute Gasteiger partial charge is 0.332 e. The van der Waals surface area contributed by atoms with Crippen molar-refractivity contribution in [3.8, 4) is 0 Å². The lowest BCUT2D eigenvalue weighted by Gasteiger charge is -2.25. The minimum absolute atomic E-state index is 0.166. The number of amides is 3. The van der Waals surface area contributed by atoms with Crippen molar-refractivity contribution in [1.29, 1.82) is 0 Å². The minimum Gasteiger partial charge on any atom is -0.310 e. The number of rotatable bonds is 1. The van der Waals surface area contributed by atoms with Gasteiger partial charge in [0.05, 0.1) is 10.7 Å². The number of hydrogen-bond donors (Lipinski definition) is 0. The number of thioether (sulfide) groups is 1. The van der Waals surface area contributed by atoms with Crippen LogP contribution in [0.15, 0.2) is 24.3 Å². The van der Waals surface area contributed by atoms with Gasteiger partial charge in [0.1, 0.15) is 6.04 Å². The zero-order valence-electron chi connectivity index (χ0n) is 9.51. The Morgan fingerprint density at radius 1 is 1.28 bits per heavy atom. The molecule has 2 aliphatic heterocycles. The summed E-state index contributed by atoms with van der Waals surface area (Å²) in [5, 5.41) is 0.423. The van der Waals surface area contributed by atoms with Crippen molar-refractivity contribution in [3.63, 3.8) is 0 Å². The van der Waals surface area contributed by atoms with E-state index in [0.29, 0.717) is 23.0 Å². The Morgan fingerprint density at radius 3 is 2.78 bits per heavy atom. The average Bonchev–Trinajstić information content (AvgIpc) is 2.64. The Morgan fingerprint density at radius 2 is 2.06 bits per heavy atom. The Labute approximate surface area is 114 Å². The molecular weight excluding hydrogens is 272 g/mol. The number of fused-ring (bicyclic) bond motifs is 1. The molecule has 1 unspecified atom stereocenters. The molecule has 0 aromatic heterocycles. The van der Waals surface area contributed by atoms with Crippen molar-refractivity contribution in [3.05, 3.63) is 29.3 Å². The number of benzene rings is 1. The second-order valence-corrected chi connectivity index (χ2v) is 5.75. The Kier molecular flexibility index (Phi) is 2.95. The molecule has 1 aromatic rings. The maximum absolute atomic E-state index is 12.3. The van der Waals surface area contributed by atoms with Gasteiger partial charge in [0.25, 0.3) is 5.91 Å². The van der Waals surface area contributed by atoms with E-state index in [1.54, 1.807) is 40.9 Å². The SMILES string of the molecule is O=C1C2CSCCN2C(=O)N1c1ccccc1Cl. The molecule has 1 aromatic carbocycles. The molecule has 0 aliphatic carbocycles. The maximum atomic E-state index is 12.3. The molecule has 2 aliphatic rings. The van der Waals surface area contributed by atoms with E-state index in [9.17, 15) is 9.59 Å². The molecule has 2 heterocycles. The van der Waals surface area contributed by atoms with Gasteiger partial charge in [-0.1, -0.05) is 23.7 Å². The molecule has 1 atom stereocenters. The van der Waals surface area contributed by atoms with Gasteiger partial charge >= 0.3 is 6.03 Å². The summed E-state index contributed by atoms with van der Waals surface area (Å²) in [7, 11) is 0. The number of carbonyl (C=O) groups is 2. The van der Waals surface area contributed by atoms with E-state index in [1.165, 1.54) is 4.90 Å². The van der Waals surface area contributed by atoms with Crippen molar-refractivity contribution < 1.29 is 9.59 Å². The van der Waals surface area contributed by atoms with Crippen LogP contribution in [0.25, 0.3) is 0 Å². The van der Waals surface area contributed by atoms with Crippen LogP contribution in [0.2, 0.25) is 5.02 Å². The molecule has 0 bridgehead atoms. The van der Waals surface area contributed by atoms with Gasteiger partial charge in [-0.15, -0.1) is 0 Å². The molecule has 3 amide bonds. The topological polar surface area (TPSA) is 40.6 Å². The fourth-order valence-electron chi connectivity index (χ4n) is 2.26. The third kappa shape index (κ3) is 1.69. The van der Waals surface area contributed by atoms with E-state index in [0.717, 1.165) is 5.75 Å². The first-order valence-corrected chi connectivity index (χ1v) is 7.20. The first kappa shape index (κ1) is 11.9. The molecular formula is C12H11ClN2O2S. The third-order valence-electron chi connectivity index (χ3n) is 3.16.